The summed E-state index contributed by atoms with van der Waals surface area (Å²) in [6, 6.07) is 7.59. The molecule has 2 aliphatic rings. The third kappa shape index (κ3) is 4.43. The number of nitrogens with one attached hydrogen (secondary N) is 1. The Kier molecular flexibility index (Phi) is 6.56. The first-order valence-corrected chi connectivity index (χ1v) is 14.4. The molecule has 11 heteroatoms. The molecule has 0 spiro atoms. The molecular formula is C27H29N5O4S2. The van der Waals surface area contributed by atoms with Crippen LogP contribution in [0.1, 0.15) is 40.5 Å². The number of ether oxygens (including phenoxy) is 2. The zero-order valence-corrected chi connectivity index (χ0v) is 23.1. The van der Waals surface area contributed by atoms with Crippen molar-refractivity contribution in [3.8, 4) is 22.1 Å². The number of fused-ring (bicyclic) bond motifs is 2. The molecule has 1 saturated carbocycles. The molecule has 1 N–H and O–H groups in total. The lowest BCUT2D eigenvalue weighted by Gasteiger charge is -2.28. The zero-order chi connectivity index (χ0) is 26.4. The summed E-state index contributed by atoms with van der Waals surface area (Å²) in [7, 11) is 1.63. The summed E-state index contributed by atoms with van der Waals surface area (Å²) in [5.41, 5.74) is 2.03. The first kappa shape index (κ1) is 24.9. The van der Waals surface area contributed by atoms with Crippen LogP contribution in [0, 0.1) is 25.7 Å². The lowest BCUT2D eigenvalue weighted by Crippen LogP contribution is -2.46. The molecule has 1 aromatic carbocycles. The predicted molar refractivity (Wildman–Crippen MR) is 146 cm³/mol. The van der Waals surface area contributed by atoms with Crippen LogP contribution in [0.4, 0.5) is 4.79 Å². The van der Waals surface area contributed by atoms with Gasteiger partial charge in [0.15, 0.2) is 4.96 Å². The molecule has 0 bridgehead atoms. The van der Waals surface area contributed by atoms with Crippen molar-refractivity contribution in [1.29, 1.82) is 0 Å². The number of aryl methyl sites for hydroxylation is 2. The number of benzene rings is 1. The maximum Gasteiger partial charge on any atom is 0.414 e. The number of hydrogen-bond donors (Lipinski definition) is 1. The van der Waals surface area contributed by atoms with Gasteiger partial charge in [0.1, 0.15) is 17.1 Å². The van der Waals surface area contributed by atoms with E-state index in [1.165, 1.54) is 22.7 Å². The number of methoxy groups -OCH3 is 1. The van der Waals surface area contributed by atoms with Gasteiger partial charge in [-0.25, -0.2) is 14.8 Å². The fourth-order valence-corrected chi connectivity index (χ4v) is 7.55. The van der Waals surface area contributed by atoms with Gasteiger partial charge in [-0.3, -0.25) is 9.20 Å². The van der Waals surface area contributed by atoms with Gasteiger partial charge in [0.25, 0.3) is 5.91 Å². The minimum Gasteiger partial charge on any atom is -0.497 e. The molecule has 6 rings (SSSR count). The summed E-state index contributed by atoms with van der Waals surface area (Å²) >= 11 is 2.99. The predicted octanol–water partition coefficient (Wildman–Crippen LogP) is 5.17. The monoisotopic (exact) mass is 551 g/mol. The fourth-order valence-electron chi connectivity index (χ4n) is 5.89. The van der Waals surface area contributed by atoms with Crippen LogP contribution in [-0.4, -0.2) is 57.5 Å². The lowest BCUT2D eigenvalue weighted by molar-refractivity contribution is 0.0706. The SMILES string of the molecule is COc1cccc(-c2sc(C)nc2C(=O)N2C[C@@H]3CCC[C@@H]3[C@H]2CNC(=O)Oc2c(C)nc3sccn23)c1. The Morgan fingerprint density at radius 3 is 2.92 bits per heavy atom. The van der Waals surface area contributed by atoms with Crippen molar-refractivity contribution >= 4 is 39.6 Å². The van der Waals surface area contributed by atoms with Crippen LogP contribution in [0.5, 0.6) is 11.6 Å². The Morgan fingerprint density at radius 1 is 1.21 bits per heavy atom. The fraction of sp³-hybridized carbons (Fsp3) is 0.407. The topological polar surface area (TPSA) is 98.1 Å². The second-order valence-electron chi connectivity index (χ2n) is 9.85. The van der Waals surface area contributed by atoms with Crippen LogP contribution >= 0.6 is 22.7 Å². The number of aromatic nitrogens is 3. The third-order valence-electron chi connectivity index (χ3n) is 7.60. The van der Waals surface area contributed by atoms with Gasteiger partial charge >= 0.3 is 6.09 Å². The third-order valence-corrected chi connectivity index (χ3v) is 9.38. The Hall–Kier alpha value is -3.44. The minimum absolute atomic E-state index is 0.0895. The second-order valence-corrected chi connectivity index (χ2v) is 11.9. The molecule has 198 valence electrons. The second kappa shape index (κ2) is 10.0. The van der Waals surface area contributed by atoms with Crippen molar-refractivity contribution in [1.82, 2.24) is 24.6 Å². The molecular weight excluding hydrogens is 522 g/mol. The van der Waals surface area contributed by atoms with Gasteiger partial charge in [0.2, 0.25) is 5.88 Å². The summed E-state index contributed by atoms with van der Waals surface area (Å²) in [5.74, 6) is 1.84. The molecule has 0 radical (unpaired) electrons. The molecule has 38 heavy (non-hydrogen) atoms. The summed E-state index contributed by atoms with van der Waals surface area (Å²) < 4.78 is 12.8. The Bertz CT molecular complexity index is 1510. The average Bonchev–Trinajstić information content (AvgIpc) is 3.72. The minimum atomic E-state index is -0.545. The quantitative estimate of drug-likeness (QED) is 0.355. The van der Waals surface area contributed by atoms with Crippen molar-refractivity contribution in [3.05, 3.63) is 52.2 Å². The van der Waals surface area contributed by atoms with E-state index in [2.05, 4.69) is 15.3 Å². The van der Waals surface area contributed by atoms with Crippen LogP contribution in [0.3, 0.4) is 0 Å². The summed E-state index contributed by atoms with van der Waals surface area (Å²) in [6.45, 7) is 4.74. The molecule has 4 heterocycles. The highest BCUT2D eigenvalue weighted by Gasteiger charge is 2.47. The molecule has 0 unspecified atom stereocenters. The lowest BCUT2D eigenvalue weighted by atomic mass is 9.94. The molecule has 1 aliphatic heterocycles. The van der Waals surface area contributed by atoms with Gasteiger partial charge in [0, 0.05) is 24.7 Å². The standard InChI is InChI=1S/C27H29N5O4S2/c1-15-25(31-10-11-37-26(31)29-15)36-27(34)28-13-21-20-9-5-7-18(20)14-32(21)24(33)22-23(38-16(2)30-22)17-6-4-8-19(12-17)35-3/h4,6,8,10-12,18,20-21H,5,7,9,13-14H2,1-3H3,(H,28,34)/t18-,20-,21+/m0/s1. The Balaban J connectivity index is 1.22. The van der Waals surface area contributed by atoms with Crippen LogP contribution in [-0.2, 0) is 0 Å². The number of rotatable bonds is 6. The summed E-state index contributed by atoms with van der Waals surface area (Å²) in [4.78, 5) is 39.5. The Morgan fingerprint density at radius 2 is 2.08 bits per heavy atom. The zero-order valence-electron chi connectivity index (χ0n) is 21.5. The number of amides is 2. The molecule has 2 amide bonds. The highest BCUT2D eigenvalue weighted by atomic mass is 32.1. The molecule has 1 saturated heterocycles. The van der Waals surface area contributed by atoms with Crippen LogP contribution in [0.2, 0.25) is 0 Å². The van der Waals surface area contributed by atoms with Crippen molar-refractivity contribution in [2.45, 2.75) is 39.2 Å². The number of hydrogen-bond acceptors (Lipinski definition) is 8. The molecule has 2 fully saturated rings. The molecule has 9 nitrogen and oxygen atoms in total. The average molecular weight is 552 g/mol. The summed E-state index contributed by atoms with van der Waals surface area (Å²) in [6.07, 6.45) is 4.58. The first-order valence-electron chi connectivity index (χ1n) is 12.7. The highest BCUT2D eigenvalue weighted by molar-refractivity contribution is 7.15. The smallest absolute Gasteiger partial charge is 0.414 e. The van der Waals surface area contributed by atoms with Gasteiger partial charge in [-0.05, 0) is 56.2 Å². The van der Waals surface area contributed by atoms with Crippen molar-refractivity contribution < 1.29 is 19.1 Å². The molecule has 3 aromatic heterocycles. The first-order chi connectivity index (χ1) is 18.4. The van der Waals surface area contributed by atoms with Gasteiger partial charge in [-0.15, -0.1) is 22.7 Å². The van der Waals surface area contributed by atoms with Crippen LogP contribution in [0.15, 0.2) is 35.8 Å². The van der Waals surface area contributed by atoms with Crippen LogP contribution in [0.25, 0.3) is 15.4 Å². The van der Waals surface area contributed by atoms with Gasteiger partial charge in [-0.1, -0.05) is 18.6 Å². The summed E-state index contributed by atoms with van der Waals surface area (Å²) in [5, 5.41) is 5.67. The maximum absolute atomic E-state index is 14.0. The molecule has 3 atom stereocenters. The van der Waals surface area contributed by atoms with Gasteiger partial charge in [-0.2, -0.15) is 0 Å². The maximum atomic E-state index is 14.0. The van der Waals surface area contributed by atoms with Crippen molar-refractivity contribution in [2.24, 2.45) is 11.8 Å². The largest absolute Gasteiger partial charge is 0.497 e. The molecule has 1 aliphatic carbocycles. The molecule has 4 aromatic rings. The highest BCUT2D eigenvalue weighted by Crippen LogP contribution is 2.43. The number of imidazole rings is 1. The van der Waals surface area contributed by atoms with E-state index in [4.69, 9.17) is 9.47 Å². The number of carbonyl (C=O) groups excluding carboxylic acids is 2. The van der Waals surface area contributed by atoms with E-state index in [1.807, 2.05) is 54.6 Å². The van der Waals surface area contributed by atoms with E-state index in [1.54, 1.807) is 11.5 Å². The Labute approximate surface area is 228 Å². The van der Waals surface area contributed by atoms with E-state index in [0.717, 1.165) is 45.4 Å². The number of nitrogens with zero attached hydrogens (tertiary/aromatic N) is 4. The van der Waals surface area contributed by atoms with Crippen molar-refractivity contribution in [3.63, 3.8) is 0 Å². The number of carbonyl (C=O) groups is 2. The number of thiazole rings is 2. The van der Waals surface area contributed by atoms with E-state index in [-0.39, 0.29) is 11.9 Å². The van der Waals surface area contributed by atoms with E-state index in [0.29, 0.717) is 42.2 Å². The van der Waals surface area contributed by atoms with Crippen molar-refractivity contribution in [2.75, 3.05) is 20.2 Å². The van der Waals surface area contributed by atoms with E-state index < -0.39 is 6.09 Å². The van der Waals surface area contributed by atoms with Crippen LogP contribution < -0.4 is 14.8 Å². The van der Waals surface area contributed by atoms with Gasteiger partial charge in [0.05, 0.1) is 23.0 Å². The van der Waals surface area contributed by atoms with E-state index in [9.17, 15) is 9.59 Å². The normalized spacial score (nSPS) is 20.6. The van der Waals surface area contributed by atoms with E-state index >= 15 is 0 Å². The van der Waals surface area contributed by atoms with Gasteiger partial charge < -0.3 is 19.7 Å². The number of likely N-dealkylation sites (tertiary alicyclic amines) is 1.